The summed E-state index contributed by atoms with van der Waals surface area (Å²) in [5, 5.41) is 0.490. The van der Waals surface area contributed by atoms with Gasteiger partial charge in [-0.25, -0.2) is 13.8 Å². The fourth-order valence-electron chi connectivity index (χ4n) is 3.08. The van der Waals surface area contributed by atoms with Crippen molar-refractivity contribution in [2.45, 2.75) is 44.2 Å². The van der Waals surface area contributed by atoms with Crippen LogP contribution < -0.4 is 15.6 Å². The number of hydrazine groups is 1. The summed E-state index contributed by atoms with van der Waals surface area (Å²) in [6.45, 7) is 5.88. The Bertz CT molecular complexity index is 864. The van der Waals surface area contributed by atoms with E-state index in [1.54, 1.807) is 24.3 Å². The van der Waals surface area contributed by atoms with Crippen LogP contribution in [0, 0.1) is 13.8 Å². The average molecular weight is 386 g/mol. The first-order chi connectivity index (χ1) is 11.3. The minimum absolute atomic E-state index is 0.0177. The molecule has 1 aliphatic rings. The lowest BCUT2D eigenvalue weighted by Gasteiger charge is -2.15. The topological polar surface area (TPSA) is 70.2 Å². The van der Waals surface area contributed by atoms with Gasteiger partial charge in [0, 0.05) is 26.4 Å². The van der Waals surface area contributed by atoms with Gasteiger partial charge in [-0.3, -0.25) is 10.1 Å². The van der Waals surface area contributed by atoms with Crippen LogP contribution in [0.1, 0.15) is 34.7 Å². The SMILES string of the molecule is Cc1sc(C)c(S(=O)(=O)Nc2cccc(Cl)c2)c1C1CC(C)NN1. The van der Waals surface area contributed by atoms with E-state index in [9.17, 15) is 8.42 Å². The highest BCUT2D eigenvalue weighted by atomic mass is 35.5. The number of sulfonamides is 1. The van der Waals surface area contributed by atoms with E-state index in [1.165, 1.54) is 11.3 Å². The molecule has 1 fully saturated rings. The van der Waals surface area contributed by atoms with Crippen molar-refractivity contribution in [1.82, 2.24) is 10.9 Å². The Morgan fingerprint density at radius 3 is 2.62 bits per heavy atom. The molecule has 0 spiro atoms. The molecule has 130 valence electrons. The number of hydrogen-bond acceptors (Lipinski definition) is 5. The zero-order valence-electron chi connectivity index (χ0n) is 13.7. The molecule has 2 aromatic rings. The van der Waals surface area contributed by atoms with E-state index in [0.29, 0.717) is 21.6 Å². The molecular formula is C16H20ClN3O2S2. The number of rotatable bonds is 4. The largest absolute Gasteiger partial charge is 0.280 e. The van der Waals surface area contributed by atoms with Crippen LogP contribution in [0.4, 0.5) is 5.69 Å². The number of benzene rings is 1. The second-order valence-electron chi connectivity index (χ2n) is 6.05. The van der Waals surface area contributed by atoms with Crippen LogP contribution in [0.5, 0.6) is 0 Å². The van der Waals surface area contributed by atoms with Crippen LogP contribution in [0.25, 0.3) is 0 Å². The lowest BCUT2D eigenvalue weighted by molar-refractivity contribution is 0.552. The zero-order valence-corrected chi connectivity index (χ0v) is 16.1. The maximum absolute atomic E-state index is 13.0. The van der Waals surface area contributed by atoms with E-state index >= 15 is 0 Å². The third-order valence-electron chi connectivity index (χ3n) is 4.04. The van der Waals surface area contributed by atoms with Gasteiger partial charge in [-0.05, 0) is 45.4 Å². The van der Waals surface area contributed by atoms with Crippen molar-refractivity contribution < 1.29 is 8.42 Å². The Labute approximate surface area is 151 Å². The number of aryl methyl sites for hydroxylation is 2. The van der Waals surface area contributed by atoms with Crippen molar-refractivity contribution in [2.24, 2.45) is 0 Å². The van der Waals surface area contributed by atoms with Crippen LogP contribution in [0.15, 0.2) is 29.2 Å². The van der Waals surface area contributed by atoms with Crippen molar-refractivity contribution in [3.05, 3.63) is 44.6 Å². The van der Waals surface area contributed by atoms with Crippen molar-refractivity contribution in [3.63, 3.8) is 0 Å². The summed E-state index contributed by atoms with van der Waals surface area (Å²) in [7, 11) is -3.69. The fourth-order valence-corrected chi connectivity index (χ4v) is 6.31. The van der Waals surface area contributed by atoms with Gasteiger partial charge in [-0.15, -0.1) is 11.3 Å². The summed E-state index contributed by atoms with van der Waals surface area (Å²) < 4.78 is 28.7. The van der Waals surface area contributed by atoms with Gasteiger partial charge in [0.15, 0.2) is 0 Å². The van der Waals surface area contributed by atoms with Crippen LogP contribution >= 0.6 is 22.9 Å². The lowest BCUT2D eigenvalue weighted by Crippen LogP contribution is -2.29. The maximum Gasteiger partial charge on any atom is 0.263 e. The average Bonchev–Trinajstić information content (AvgIpc) is 3.01. The highest BCUT2D eigenvalue weighted by Gasteiger charge is 2.33. The molecule has 24 heavy (non-hydrogen) atoms. The van der Waals surface area contributed by atoms with Crippen LogP contribution in [-0.4, -0.2) is 14.5 Å². The van der Waals surface area contributed by atoms with Gasteiger partial charge < -0.3 is 0 Å². The molecule has 2 atom stereocenters. The molecule has 0 bridgehead atoms. The summed E-state index contributed by atoms with van der Waals surface area (Å²) in [4.78, 5) is 2.18. The Morgan fingerprint density at radius 2 is 2.00 bits per heavy atom. The van der Waals surface area contributed by atoms with Gasteiger partial charge >= 0.3 is 0 Å². The molecule has 5 nitrogen and oxygen atoms in total. The van der Waals surface area contributed by atoms with Gasteiger partial charge in [0.05, 0.1) is 11.7 Å². The monoisotopic (exact) mass is 385 g/mol. The highest BCUT2D eigenvalue weighted by Crippen LogP contribution is 2.39. The lowest BCUT2D eigenvalue weighted by atomic mass is 10.0. The Morgan fingerprint density at radius 1 is 1.25 bits per heavy atom. The first-order valence-corrected chi connectivity index (χ1v) is 10.3. The molecule has 3 rings (SSSR count). The van der Waals surface area contributed by atoms with E-state index in [0.717, 1.165) is 21.7 Å². The molecule has 0 aliphatic carbocycles. The van der Waals surface area contributed by atoms with Crippen molar-refractivity contribution in [2.75, 3.05) is 4.72 Å². The molecule has 3 N–H and O–H groups in total. The first kappa shape index (κ1) is 17.7. The van der Waals surface area contributed by atoms with Crippen molar-refractivity contribution in [1.29, 1.82) is 0 Å². The summed E-state index contributed by atoms with van der Waals surface area (Å²) in [5.74, 6) is 0. The molecule has 2 unspecified atom stereocenters. The number of hydrogen-bond donors (Lipinski definition) is 3. The minimum atomic E-state index is -3.69. The van der Waals surface area contributed by atoms with Gasteiger partial charge in [-0.2, -0.15) is 0 Å². The molecule has 1 aliphatic heterocycles. The van der Waals surface area contributed by atoms with Gasteiger partial charge in [0.1, 0.15) is 4.90 Å². The zero-order chi connectivity index (χ0) is 17.5. The number of anilines is 1. The van der Waals surface area contributed by atoms with Gasteiger partial charge in [-0.1, -0.05) is 17.7 Å². The number of thiophene rings is 1. The summed E-state index contributed by atoms with van der Waals surface area (Å²) >= 11 is 7.47. The second-order valence-corrected chi connectivity index (χ2v) is 9.54. The predicted molar refractivity (Wildman–Crippen MR) is 99.1 cm³/mol. The van der Waals surface area contributed by atoms with E-state index in [-0.39, 0.29) is 6.04 Å². The summed E-state index contributed by atoms with van der Waals surface area (Å²) in [5.41, 5.74) is 7.68. The normalized spacial score (nSPS) is 21.2. The third kappa shape index (κ3) is 3.45. The second kappa shape index (κ2) is 6.65. The molecule has 1 saturated heterocycles. The molecule has 0 radical (unpaired) electrons. The quantitative estimate of drug-likeness (QED) is 0.749. The standard InChI is InChI=1S/C16H20ClN3O2S2/c1-9-7-14(19-18-9)15-10(2)23-11(3)16(15)24(21,22)20-13-6-4-5-12(17)8-13/h4-6,8-9,14,18-20H,7H2,1-3H3. The van der Waals surface area contributed by atoms with Gasteiger partial charge in [0.2, 0.25) is 0 Å². The van der Waals surface area contributed by atoms with Crippen molar-refractivity contribution in [3.8, 4) is 0 Å². The van der Waals surface area contributed by atoms with Crippen LogP contribution in [0.3, 0.4) is 0 Å². The van der Waals surface area contributed by atoms with Crippen molar-refractivity contribution >= 4 is 38.6 Å². The smallest absolute Gasteiger partial charge is 0.263 e. The summed E-state index contributed by atoms with van der Waals surface area (Å²) in [6.07, 6.45) is 0.844. The van der Waals surface area contributed by atoms with E-state index < -0.39 is 10.0 Å². The fraction of sp³-hybridized carbons (Fsp3) is 0.375. The molecule has 2 heterocycles. The number of halogens is 1. The molecule has 1 aromatic carbocycles. The molecule has 0 amide bonds. The minimum Gasteiger partial charge on any atom is -0.280 e. The molecule has 1 aromatic heterocycles. The Kier molecular flexibility index (Phi) is 4.90. The Balaban J connectivity index is 2.01. The molecular weight excluding hydrogens is 366 g/mol. The Hall–Kier alpha value is -1.12. The van der Waals surface area contributed by atoms with Gasteiger partial charge in [0.25, 0.3) is 10.0 Å². The van der Waals surface area contributed by atoms with E-state index in [1.807, 2.05) is 13.8 Å². The molecule has 8 heteroatoms. The summed E-state index contributed by atoms with van der Waals surface area (Å²) in [6, 6.07) is 7.00. The van der Waals surface area contributed by atoms with E-state index in [2.05, 4.69) is 22.5 Å². The maximum atomic E-state index is 13.0. The predicted octanol–water partition coefficient (Wildman–Crippen LogP) is 3.75. The third-order valence-corrected chi connectivity index (χ3v) is 7.01. The molecule has 0 saturated carbocycles. The first-order valence-electron chi connectivity index (χ1n) is 7.67. The van der Waals surface area contributed by atoms with Crippen LogP contribution in [0.2, 0.25) is 5.02 Å². The van der Waals surface area contributed by atoms with Crippen LogP contribution in [-0.2, 0) is 10.0 Å². The number of nitrogens with one attached hydrogen (secondary N) is 3. The van der Waals surface area contributed by atoms with E-state index in [4.69, 9.17) is 11.6 Å². The highest BCUT2D eigenvalue weighted by molar-refractivity contribution is 7.93.